The van der Waals surface area contributed by atoms with Crippen LogP contribution in [-0.4, -0.2) is 75.7 Å². The van der Waals surface area contributed by atoms with Crippen molar-refractivity contribution in [3.63, 3.8) is 0 Å². The number of aliphatic hydroxyl groups excluding tert-OH is 1. The van der Waals surface area contributed by atoms with Crippen molar-refractivity contribution in [3.8, 4) is 0 Å². The van der Waals surface area contributed by atoms with Gasteiger partial charge in [-0.05, 0) is 67.5 Å². The van der Waals surface area contributed by atoms with Crippen LogP contribution >= 0.6 is 32.6 Å². The molecule has 1 unspecified atom stereocenters. The highest BCUT2D eigenvalue weighted by Gasteiger charge is 2.34. The number of hydrogen-bond donors (Lipinski definition) is 1. The quantitative estimate of drug-likeness (QED) is 0.140. The molecule has 0 bridgehead atoms. The molecule has 0 amide bonds. The number of halogens is 2. The van der Waals surface area contributed by atoms with Gasteiger partial charge in [0, 0.05) is 33.4 Å². The van der Waals surface area contributed by atoms with Gasteiger partial charge in [-0.25, -0.2) is 13.1 Å². The van der Waals surface area contributed by atoms with E-state index in [1.54, 1.807) is 11.9 Å². The lowest BCUT2D eigenvalue weighted by atomic mass is 10.1. The Kier molecular flexibility index (Phi) is 14.6. The minimum Gasteiger partial charge on any atom is -0.390 e. The largest absolute Gasteiger partial charge is 0.390 e. The molecular formula is C30H57F2NO3S3. The first kappa shape index (κ1) is 37.0. The van der Waals surface area contributed by atoms with Gasteiger partial charge in [-0.2, -0.15) is 0 Å². The molecular weight excluding hydrogens is 557 g/mol. The van der Waals surface area contributed by atoms with Crippen LogP contribution in [0.3, 0.4) is 0 Å². The van der Waals surface area contributed by atoms with Gasteiger partial charge < -0.3 is 13.5 Å². The van der Waals surface area contributed by atoms with Crippen LogP contribution in [0.2, 0.25) is 0 Å². The molecule has 0 aliphatic rings. The molecule has 39 heavy (non-hydrogen) atoms. The maximum Gasteiger partial charge on any atom is 0.270 e. The van der Waals surface area contributed by atoms with Gasteiger partial charge in [0.15, 0.2) is 0 Å². The highest BCUT2D eigenvalue weighted by Crippen LogP contribution is 2.55. The van der Waals surface area contributed by atoms with Crippen LogP contribution in [0.1, 0.15) is 86.1 Å². The molecule has 1 atom stereocenters. The molecule has 0 aliphatic carbocycles. The minimum absolute atomic E-state index is 0.0199. The molecule has 232 valence electrons. The molecule has 1 aromatic carbocycles. The summed E-state index contributed by atoms with van der Waals surface area (Å²) in [5, 5.41) is 9.18. The van der Waals surface area contributed by atoms with Crippen molar-refractivity contribution in [2.45, 2.75) is 114 Å². The van der Waals surface area contributed by atoms with E-state index in [-0.39, 0.29) is 28.4 Å². The first-order valence-corrected chi connectivity index (χ1v) is 19.5. The predicted molar refractivity (Wildman–Crippen MR) is 173 cm³/mol. The van der Waals surface area contributed by atoms with E-state index in [1.165, 1.54) is 0 Å². The van der Waals surface area contributed by atoms with Crippen LogP contribution < -0.4 is 0 Å². The van der Waals surface area contributed by atoms with Crippen molar-refractivity contribution >= 4 is 32.6 Å². The summed E-state index contributed by atoms with van der Waals surface area (Å²) < 4.78 is 43.4. The normalized spacial score (nSPS) is 15.6. The fourth-order valence-corrected chi connectivity index (χ4v) is 5.89. The van der Waals surface area contributed by atoms with Crippen LogP contribution in [0.5, 0.6) is 0 Å². The SMILES string of the molecule is CCCCCN(Sc1ccc(COS(C)(C)C(C)(C)C)cc1)C(CCC(F)(F)CO)COS(C)(C)C(C)(C)C. The number of alkyl halides is 2. The fourth-order valence-electron chi connectivity index (χ4n) is 3.19. The molecule has 0 spiro atoms. The summed E-state index contributed by atoms with van der Waals surface area (Å²) in [7, 11) is -2.61. The van der Waals surface area contributed by atoms with Gasteiger partial charge in [0.25, 0.3) is 5.92 Å². The number of unbranched alkanes of at least 4 members (excludes halogenated alkanes) is 2. The van der Waals surface area contributed by atoms with Gasteiger partial charge in [-0.15, -0.1) is 20.6 Å². The lowest BCUT2D eigenvalue weighted by Crippen LogP contribution is -2.38. The smallest absolute Gasteiger partial charge is 0.270 e. The van der Waals surface area contributed by atoms with Crippen molar-refractivity contribution in [2.24, 2.45) is 0 Å². The van der Waals surface area contributed by atoms with Crippen molar-refractivity contribution in [3.05, 3.63) is 29.8 Å². The lowest BCUT2D eigenvalue weighted by Gasteiger charge is -2.45. The Morgan fingerprint density at radius 1 is 0.897 bits per heavy atom. The average molecular weight is 614 g/mol. The van der Waals surface area contributed by atoms with E-state index in [4.69, 9.17) is 8.37 Å². The van der Waals surface area contributed by atoms with Gasteiger partial charge in [0.05, 0.1) is 13.2 Å². The van der Waals surface area contributed by atoms with Crippen molar-refractivity contribution in [2.75, 3.05) is 44.8 Å². The van der Waals surface area contributed by atoms with E-state index in [2.05, 4.69) is 102 Å². The van der Waals surface area contributed by atoms with Crippen LogP contribution in [0.25, 0.3) is 0 Å². The molecule has 1 N–H and O–H groups in total. The van der Waals surface area contributed by atoms with E-state index >= 15 is 0 Å². The highest BCUT2D eigenvalue weighted by molar-refractivity contribution is 8.30. The van der Waals surface area contributed by atoms with Gasteiger partial charge in [-0.1, -0.05) is 73.4 Å². The molecule has 0 fully saturated rings. The third-order valence-electron chi connectivity index (χ3n) is 7.63. The van der Waals surface area contributed by atoms with E-state index in [9.17, 15) is 13.9 Å². The van der Waals surface area contributed by atoms with Crippen molar-refractivity contribution in [1.82, 2.24) is 4.31 Å². The maximum atomic E-state index is 14.1. The molecule has 1 aromatic rings. The molecule has 0 saturated heterocycles. The van der Waals surface area contributed by atoms with Crippen molar-refractivity contribution in [1.29, 1.82) is 0 Å². The first-order valence-electron chi connectivity index (χ1n) is 14.0. The van der Waals surface area contributed by atoms with Gasteiger partial charge in [-0.3, -0.25) is 0 Å². The number of rotatable bonds is 17. The Labute approximate surface area is 246 Å². The molecule has 0 aromatic heterocycles. The molecule has 4 nitrogen and oxygen atoms in total. The van der Waals surface area contributed by atoms with Gasteiger partial charge >= 0.3 is 0 Å². The molecule has 0 radical (unpaired) electrons. The lowest BCUT2D eigenvalue weighted by molar-refractivity contribution is -0.0610. The summed E-state index contributed by atoms with van der Waals surface area (Å²) in [5.74, 6) is -3.09. The second kappa shape index (κ2) is 15.4. The third-order valence-corrected chi connectivity index (χ3v) is 16.2. The van der Waals surface area contributed by atoms with E-state index in [1.807, 2.05) is 0 Å². The van der Waals surface area contributed by atoms with E-state index < -0.39 is 33.1 Å². The van der Waals surface area contributed by atoms with Crippen molar-refractivity contribution < 1.29 is 22.3 Å². The van der Waals surface area contributed by atoms with Gasteiger partial charge in [0.1, 0.15) is 6.61 Å². The number of nitrogens with zero attached hydrogens (tertiary/aromatic N) is 1. The Bertz CT molecular complexity index is 837. The maximum absolute atomic E-state index is 14.1. The Morgan fingerprint density at radius 2 is 1.44 bits per heavy atom. The highest BCUT2D eigenvalue weighted by atomic mass is 32.3. The molecule has 0 heterocycles. The summed E-state index contributed by atoms with van der Waals surface area (Å²) >= 11 is 1.62. The zero-order valence-electron chi connectivity index (χ0n) is 26.4. The Morgan fingerprint density at radius 3 is 1.92 bits per heavy atom. The number of benzene rings is 1. The topological polar surface area (TPSA) is 41.9 Å². The summed E-state index contributed by atoms with van der Waals surface area (Å²) in [4.78, 5) is 1.07. The first-order chi connectivity index (χ1) is 17.7. The number of hydrogen-bond acceptors (Lipinski definition) is 5. The summed E-state index contributed by atoms with van der Waals surface area (Å²) in [6.45, 7) is 15.9. The second-order valence-electron chi connectivity index (χ2n) is 13.0. The van der Waals surface area contributed by atoms with Crippen LogP contribution in [0, 0.1) is 0 Å². The zero-order valence-corrected chi connectivity index (χ0v) is 28.9. The molecule has 1 rings (SSSR count). The van der Waals surface area contributed by atoms with Crippen LogP contribution in [-0.2, 0) is 15.0 Å². The molecule has 0 saturated carbocycles. The number of aliphatic hydroxyl groups is 1. The Hall–Kier alpha value is -0.0300. The summed E-state index contributed by atoms with van der Waals surface area (Å²) in [6, 6.07) is 8.20. The monoisotopic (exact) mass is 613 g/mol. The van der Waals surface area contributed by atoms with Gasteiger partial charge in [0.2, 0.25) is 0 Å². The summed E-state index contributed by atoms with van der Waals surface area (Å²) in [5.41, 5.74) is 1.12. The van der Waals surface area contributed by atoms with E-state index in [0.29, 0.717) is 13.2 Å². The zero-order chi connectivity index (χ0) is 30.1. The average Bonchev–Trinajstić information content (AvgIpc) is 2.82. The molecule has 0 aliphatic heterocycles. The third kappa shape index (κ3) is 12.8. The minimum atomic E-state index is -3.09. The van der Waals surface area contributed by atoms with Crippen LogP contribution in [0.15, 0.2) is 29.2 Å². The standard InChI is InChI=1S/C30H57F2NO3S3/c1-12-13-14-21-33(26(19-20-30(31,32)24-34)23-36-39(10,11)29(5,6)7)37-27-17-15-25(16-18-27)22-35-38(8,9)28(2,3)4/h15-18,26,34H,12-14,19-24H2,1-11H3. The Balaban J connectivity index is 3.11. The second-order valence-corrected chi connectivity index (χ2v) is 22.0. The molecule has 9 heteroatoms. The fraction of sp³-hybridized carbons (Fsp3) is 0.800. The summed E-state index contributed by atoms with van der Waals surface area (Å²) in [6.07, 6.45) is 11.7. The van der Waals surface area contributed by atoms with E-state index in [0.717, 1.165) is 36.3 Å². The predicted octanol–water partition coefficient (Wildman–Crippen LogP) is 9.05. The van der Waals surface area contributed by atoms with Crippen LogP contribution in [0.4, 0.5) is 8.78 Å².